The maximum atomic E-state index is 9.63. The summed E-state index contributed by atoms with van der Waals surface area (Å²) >= 11 is 0. The summed E-state index contributed by atoms with van der Waals surface area (Å²) in [5.41, 5.74) is 1.72. The highest BCUT2D eigenvalue weighted by Gasteiger charge is 2.38. The van der Waals surface area contributed by atoms with Crippen LogP contribution in [-0.4, -0.2) is 5.11 Å². The SMILES string of the molecule is CCC1(C)OC(O)c2ccccc21. The average molecular weight is 178 g/mol. The Morgan fingerprint density at radius 2 is 2.15 bits per heavy atom. The van der Waals surface area contributed by atoms with Gasteiger partial charge in [-0.15, -0.1) is 0 Å². The lowest BCUT2D eigenvalue weighted by molar-refractivity contribution is -0.166. The van der Waals surface area contributed by atoms with E-state index in [9.17, 15) is 5.11 Å². The molecule has 1 aromatic rings. The summed E-state index contributed by atoms with van der Waals surface area (Å²) in [4.78, 5) is 0. The molecule has 0 spiro atoms. The molecule has 2 rings (SSSR count). The van der Waals surface area contributed by atoms with Crippen LogP contribution in [0.4, 0.5) is 0 Å². The minimum absolute atomic E-state index is 0.310. The van der Waals surface area contributed by atoms with Gasteiger partial charge in [0.25, 0.3) is 0 Å². The van der Waals surface area contributed by atoms with Crippen molar-refractivity contribution in [2.75, 3.05) is 0 Å². The van der Waals surface area contributed by atoms with Crippen LogP contribution < -0.4 is 0 Å². The second kappa shape index (κ2) is 2.82. The van der Waals surface area contributed by atoms with Crippen molar-refractivity contribution in [1.82, 2.24) is 0 Å². The highest BCUT2D eigenvalue weighted by atomic mass is 16.6. The molecule has 0 aliphatic carbocycles. The molecular weight excluding hydrogens is 164 g/mol. The molecule has 1 N–H and O–H groups in total. The Bertz CT molecular complexity index is 322. The summed E-state index contributed by atoms with van der Waals surface area (Å²) in [7, 11) is 0. The lowest BCUT2D eigenvalue weighted by atomic mass is 9.92. The van der Waals surface area contributed by atoms with Crippen LogP contribution in [0, 0.1) is 0 Å². The third-order valence-corrected chi connectivity index (χ3v) is 2.84. The average Bonchev–Trinajstić information content (AvgIpc) is 2.42. The predicted octanol–water partition coefficient (Wildman–Crippen LogP) is 2.33. The van der Waals surface area contributed by atoms with Crippen molar-refractivity contribution < 1.29 is 9.84 Å². The summed E-state index contributed by atoms with van der Waals surface area (Å²) in [6, 6.07) is 7.84. The summed E-state index contributed by atoms with van der Waals surface area (Å²) in [6.07, 6.45) is 0.127. The van der Waals surface area contributed by atoms with Crippen LogP contribution >= 0.6 is 0 Å². The summed E-state index contributed by atoms with van der Waals surface area (Å²) < 4.78 is 5.52. The van der Waals surface area contributed by atoms with E-state index in [-0.39, 0.29) is 5.60 Å². The van der Waals surface area contributed by atoms with Crippen LogP contribution in [0.25, 0.3) is 0 Å². The number of benzene rings is 1. The van der Waals surface area contributed by atoms with E-state index in [1.807, 2.05) is 31.2 Å². The van der Waals surface area contributed by atoms with E-state index in [1.165, 1.54) is 0 Å². The molecule has 70 valence electrons. The van der Waals surface area contributed by atoms with Gasteiger partial charge in [0, 0.05) is 5.56 Å². The molecule has 0 fully saturated rings. The van der Waals surface area contributed by atoms with E-state index in [0.29, 0.717) is 0 Å². The minimum Gasteiger partial charge on any atom is -0.364 e. The second-order valence-electron chi connectivity index (χ2n) is 3.64. The number of ether oxygens (including phenoxy) is 1. The fraction of sp³-hybridized carbons (Fsp3) is 0.455. The fourth-order valence-corrected chi connectivity index (χ4v) is 1.84. The molecule has 1 aliphatic heterocycles. The van der Waals surface area contributed by atoms with E-state index in [1.54, 1.807) is 0 Å². The van der Waals surface area contributed by atoms with Gasteiger partial charge in [0.1, 0.15) is 0 Å². The molecule has 0 bridgehead atoms. The first kappa shape index (κ1) is 8.73. The second-order valence-corrected chi connectivity index (χ2v) is 3.64. The quantitative estimate of drug-likeness (QED) is 0.715. The maximum absolute atomic E-state index is 9.63. The maximum Gasteiger partial charge on any atom is 0.182 e. The Morgan fingerprint density at radius 1 is 1.46 bits per heavy atom. The molecule has 2 nitrogen and oxygen atoms in total. The van der Waals surface area contributed by atoms with Gasteiger partial charge >= 0.3 is 0 Å². The molecule has 2 unspecified atom stereocenters. The lowest BCUT2D eigenvalue weighted by Crippen LogP contribution is -2.19. The van der Waals surface area contributed by atoms with Gasteiger partial charge < -0.3 is 9.84 Å². The Balaban J connectivity index is 2.53. The van der Waals surface area contributed by atoms with Gasteiger partial charge in [0.2, 0.25) is 0 Å². The van der Waals surface area contributed by atoms with Gasteiger partial charge in [-0.1, -0.05) is 31.2 Å². The number of aliphatic hydroxyl groups excluding tert-OH is 1. The first-order valence-electron chi connectivity index (χ1n) is 4.62. The van der Waals surface area contributed by atoms with Crippen LogP contribution in [0.5, 0.6) is 0 Å². The van der Waals surface area contributed by atoms with Crippen molar-refractivity contribution in [1.29, 1.82) is 0 Å². The molecule has 1 heterocycles. The number of fused-ring (bicyclic) bond motifs is 1. The number of hydrogen-bond acceptors (Lipinski definition) is 2. The van der Waals surface area contributed by atoms with E-state index >= 15 is 0 Å². The topological polar surface area (TPSA) is 29.5 Å². The fourth-order valence-electron chi connectivity index (χ4n) is 1.84. The van der Waals surface area contributed by atoms with Gasteiger partial charge in [-0.05, 0) is 18.9 Å². The van der Waals surface area contributed by atoms with E-state index < -0.39 is 6.29 Å². The lowest BCUT2D eigenvalue weighted by Gasteiger charge is -2.22. The molecule has 2 atom stereocenters. The molecule has 0 saturated carbocycles. The van der Waals surface area contributed by atoms with Crippen LogP contribution in [-0.2, 0) is 10.3 Å². The van der Waals surface area contributed by atoms with Gasteiger partial charge in [0.15, 0.2) is 6.29 Å². The van der Waals surface area contributed by atoms with Crippen LogP contribution in [0.3, 0.4) is 0 Å². The predicted molar refractivity (Wildman–Crippen MR) is 50.1 cm³/mol. The molecule has 0 radical (unpaired) electrons. The number of rotatable bonds is 1. The van der Waals surface area contributed by atoms with Crippen molar-refractivity contribution in [2.24, 2.45) is 0 Å². The van der Waals surface area contributed by atoms with Crippen LogP contribution in [0.2, 0.25) is 0 Å². The smallest absolute Gasteiger partial charge is 0.182 e. The highest BCUT2D eigenvalue weighted by Crippen LogP contribution is 2.43. The zero-order chi connectivity index (χ0) is 9.47. The molecule has 1 aromatic carbocycles. The van der Waals surface area contributed by atoms with Crippen molar-refractivity contribution >= 4 is 0 Å². The number of hydrogen-bond donors (Lipinski definition) is 1. The Morgan fingerprint density at radius 3 is 2.85 bits per heavy atom. The first-order chi connectivity index (χ1) is 6.17. The first-order valence-corrected chi connectivity index (χ1v) is 4.62. The van der Waals surface area contributed by atoms with E-state index in [4.69, 9.17) is 4.74 Å². The molecular formula is C11H14O2. The van der Waals surface area contributed by atoms with Crippen LogP contribution in [0.1, 0.15) is 37.7 Å². The molecule has 0 aromatic heterocycles. The Hall–Kier alpha value is -0.860. The van der Waals surface area contributed by atoms with Gasteiger partial charge in [-0.3, -0.25) is 0 Å². The number of aliphatic hydroxyl groups is 1. The van der Waals surface area contributed by atoms with Crippen molar-refractivity contribution in [3.63, 3.8) is 0 Å². The standard InChI is InChI=1S/C11H14O2/c1-3-11(2)9-7-5-4-6-8(9)10(12)13-11/h4-7,10,12H,3H2,1-2H3. The third kappa shape index (κ3) is 1.18. The highest BCUT2D eigenvalue weighted by molar-refractivity contribution is 5.36. The summed E-state index contributed by atoms with van der Waals surface area (Å²) in [6.45, 7) is 4.08. The molecule has 2 heteroatoms. The van der Waals surface area contributed by atoms with Gasteiger partial charge in [-0.2, -0.15) is 0 Å². The summed E-state index contributed by atoms with van der Waals surface area (Å²) in [5.74, 6) is 0. The van der Waals surface area contributed by atoms with Crippen molar-refractivity contribution in [2.45, 2.75) is 32.2 Å². The van der Waals surface area contributed by atoms with Gasteiger partial charge in [0.05, 0.1) is 5.60 Å². The van der Waals surface area contributed by atoms with Crippen LogP contribution in [0.15, 0.2) is 24.3 Å². The molecule has 0 amide bonds. The van der Waals surface area contributed by atoms with Crippen molar-refractivity contribution in [3.05, 3.63) is 35.4 Å². The molecule has 0 saturated heterocycles. The summed E-state index contributed by atoms with van der Waals surface area (Å²) in [5, 5.41) is 9.63. The van der Waals surface area contributed by atoms with E-state index in [0.717, 1.165) is 17.5 Å². The van der Waals surface area contributed by atoms with Crippen molar-refractivity contribution in [3.8, 4) is 0 Å². The Labute approximate surface area is 78.2 Å². The zero-order valence-corrected chi connectivity index (χ0v) is 7.95. The minimum atomic E-state index is -0.749. The molecule has 1 aliphatic rings. The Kier molecular flexibility index (Phi) is 1.90. The monoisotopic (exact) mass is 178 g/mol. The zero-order valence-electron chi connectivity index (χ0n) is 7.95. The van der Waals surface area contributed by atoms with Gasteiger partial charge in [-0.25, -0.2) is 0 Å². The largest absolute Gasteiger partial charge is 0.364 e. The normalized spacial score (nSPS) is 31.8. The molecule has 13 heavy (non-hydrogen) atoms. The van der Waals surface area contributed by atoms with E-state index in [2.05, 4.69) is 6.92 Å². The third-order valence-electron chi connectivity index (χ3n) is 2.84.